The number of carboxylic acid groups (broad SMARTS) is 1. The first-order chi connectivity index (χ1) is 13.7. The van der Waals surface area contributed by atoms with Gasteiger partial charge in [0.1, 0.15) is 17.2 Å². The summed E-state index contributed by atoms with van der Waals surface area (Å²) in [6.45, 7) is 2.94. The topological polar surface area (TPSA) is 83.6 Å². The average Bonchev–Trinajstić information content (AvgIpc) is 3.10. The Labute approximate surface area is 163 Å². The zero-order chi connectivity index (χ0) is 20.8. The number of halogens is 3. The fraction of sp³-hybridized carbons (Fsp3) is 0.368. The molecule has 1 aliphatic rings. The molecule has 2 unspecified atom stereocenters. The average molecular weight is 405 g/mol. The second-order valence-electron chi connectivity index (χ2n) is 7.31. The number of piperidine rings is 1. The van der Waals surface area contributed by atoms with E-state index in [1.165, 1.54) is 22.9 Å². The number of nitrogens with zero attached hydrogens (tertiary/aromatic N) is 5. The van der Waals surface area contributed by atoms with Gasteiger partial charge < -0.3 is 10.0 Å². The van der Waals surface area contributed by atoms with Crippen molar-refractivity contribution in [1.82, 2.24) is 19.4 Å². The molecule has 152 valence electrons. The van der Waals surface area contributed by atoms with Crippen molar-refractivity contribution in [2.45, 2.75) is 19.5 Å². The van der Waals surface area contributed by atoms with Gasteiger partial charge in [-0.3, -0.25) is 9.20 Å². The van der Waals surface area contributed by atoms with Gasteiger partial charge in [-0.15, -0.1) is 0 Å². The lowest BCUT2D eigenvalue weighted by atomic mass is 9.90. The summed E-state index contributed by atoms with van der Waals surface area (Å²) in [7, 11) is 0. The smallest absolute Gasteiger partial charge is 0.417 e. The number of rotatable bonds is 3. The van der Waals surface area contributed by atoms with Crippen LogP contribution in [0.15, 0.2) is 36.8 Å². The van der Waals surface area contributed by atoms with Gasteiger partial charge in [-0.1, -0.05) is 6.92 Å². The molecule has 4 heterocycles. The van der Waals surface area contributed by atoms with E-state index in [2.05, 4.69) is 15.0 Å². The van der Waals surface area contributed by atoms with E-state index in [0.717, 1.165) is 12.3 Å². The van der Waals surface area contributed by atoms with Crippen LogP contribution in [-0.2, 0) is 11.0 Å². The third kappa shape index (κ3) is 3.74. The Morgan fingerprint density at radius 1 is 1.21 bits per heavy atom. The van der Waals surface area contributed by atoms with E-state index in [0.29, 0.717) is 36.7 Å². The molecule has 1 aliphatic heterocycles. The number of pyridine rings is 1. The van der Waals surface area contributed by atoms with Crippen molar-refractivity contribution in [3.05, 3.63) is 42.4 Å². The van der Waals surface area contributed by atoms with Crippen LogP contribution in [0, 0.1) is 11.8 Å². The van der Waals surface area contributed by atoms with Gasteiger partial charge in [0.2, 0.25) is 0 Å². The zero-order valence-corrected chi connectivity index (χ0v) is 15.5. The van der Waals surface area contributed by atoms with Crippen molar-refractivity contribution in [2.75, 3.05) is 18.0 Å². The number of hydrogen-bond donors (Lipinski definition) is 1. The number of carbonyl (C=O) groups is 1. The first-order valence-electron chi connectivity index (χ1n) is 9.08. The molecule has 4 rings (SSSR count). The molecule has 3 aromatic rings. The zero-order valence-electron chi connectivity index (χ0n) is 15.5. The van der Waals surface area contributed by atoms with Crippen LogP contribution in [0.25, 0.3) is 17.2 Å². The van der Waals surface area contributed by atoms with Crippen molar-refractivity contribution in [1.29, 1.82) is 0 Å². The highest BCUT2D eigenvalue weighted by Gasteiger charge is 2.32. The molecule has 29 heavy (non-hydrogen) atoms. The van der Waals surface area contributed by atoms with Crippen LogP contribution in [-0.4, -0.2) is 43.5 Å². The van der Waals surface area contributed by atoms with Gasteiger partial charge in [-0.2, -0.15) is 13.2 Å². The molecule has 2 atom stereocenters. The molecule has 1 fully saturated rings. The Bertz CT molecular complexity index is 1070. The third-order valence-electron chi connectivity index (χ3n) is 5.04. The maximum absolute atomic E-state index is 13.1. The molecular weight excluding hydrogens is 387 g/mol. The number of carboxylic acids is 1. The molecule has 0 saturated carbocycles. The van der Waals surface area contributed by atoms with E-state index < -0.39 is 23.6 Å². The third-order valence-corrected chi connectivity index (χ3v) is 5.04. The Hall–Kier alpha value is -3.17. The summed E-state index contributed by atoms with van der Waals surface area (Å²) in [4.78, 5) is 26.1. The number of hydrogen-bond acceptors (Lipinski definition) is 5. The Balaban J connectivity index is 1.71. The second-order valence-corrected chi connectivity index (χ2v) is 7.31. The fourth-order valence-electron chi connectivity index (χ4n) is 3.68. The van der Waals surface area contributed by atoms with E-state index in [9.17, 15) is 23.1 Å². The van der Waals surface area contributed by atoms with Crippen molar-refractivity contribution in [2.24, 2.45) is 11.8 Å². The summed E-state index contributed by atoms with van der Waals surface area (Å²) in [6.07, 6.45) is 0.0236. The van der Waals surface area contributed by atoms with Gasteiger partial charge >= 0.3 is 12.1 Å². The van der Waals surface area contributed by atoms with Gasteiger partial charge in [0.05, 0.1) is 17.7 Å². The number of aromatic nitrogens is 4. The SMILES string of the molecule is CC1CC(C(=O)O)CN(c2ccnc(-c3cnc4ccc(C(F)(F)F)cn34)n2)C1. The molecule has 0 aliphatic carbocycles. The molecule has 0 bridgehead atoms. The normalized spacial score (nSPS) is 20.2. The Kier molecular flexibility index (Phi) is 4.64. The summed E-state index contributed by atoms with van der Waals surface area (Å²) in [6, 6.07) is 3.94. The highest BCUT2D eigenvalue weighted by Crippen LogP contribution is 2.31. The van der Waals surface area contributed by atoms with Gasteiger partial charge in [-0.25, -0.2) is 15.0 Å². The van der Waals surface area contributed by atoms with Gasteiger partial charge in [0.25, 0.3) is 0 Å². The van der Waals surface area contributed by atoms with Crippen LogP contribution in [0.1, 0.15) is 18.9 Å². The molecule has 0 radical (unpaired) electrons. The maximum atomic E-state index is 13.1. The summed E-state index contributed by atoms with van der Waals surface area (Å²) in [5, 5.41) is 9.37. The minimum absolute atomic E-state index is 0.174. The Morgan fingerprint density at radius 3 is 2.72 bits per heavy atom. The highest BCUT2D eigenvalue weighted by atomic mass is 19.4. The van der Waals surface area contributed by atoms with Crippen LogP contribution >= 0.6 is 0 Å². The Morgan fingerprint density at radius 2 is 2.00 bits per heavy atom. The van der Waals surface area contributed by atoms with Crippen LogP contribution < -0.4 is 4.90 Å². The summed E-state index contributed by atoms with van der Waals surface area (Å²) in [5.74, 6) is -0.415. The lowest BCUT2D eigenvalue weighted by molar-refractivity contribution is -0.142. The molecule has 10 heteroatoms. The van der Waals surface area contributed by atoms with Gasteiger partial charge in [0.15, 0.2) is 5.82 Å². The molecule has 0 spiro atoms. The van der Waals surface area contributed by atoms with Crippen molar-refractivity contribution in [3.63, 3.8) is 0 Å². The van der Waals surface area contributed by atoms with Crippen LogP contribution in [0.3, 0.4) is 0 Å². The molecule has 3 aromatic heterocycles. The van der Waals surface area contributed by atoms with E-state index in [1.807, 2.05) is 11.8 Å². The standard InChI is InChI=1S/C19H18F3N5O2/c1-11-6-12(18(28)29)9-26(8-11)16-4-5-23-17(25-16)14-7-24-15-3-2-13(10-27(14)15)19(20,21)22/h2-5,7,10-12H,6,8-9H2,1H3,(H,28,29). The maximum Gasteiger partial charge on any atom is 0.417 e. The van der Waals surface area contributed by atoms with Crippen molar-refractivity contribution >= 4 is 17.4 Å². The van der Waals surface area contributed by atoms with E-state index in [-0.39, 0.29) is 11.7 Å². The fourth-order valence-corrected chi connectivity index (χ4v) is 3.68. The molecule has 1 saturated heterocycles. The summed E-state index contributed by atoms with van der Waals surface area (Å²) in [5.41, 5.74) is -0.123. The van der Waals surface area contributed by atoms with Crippen LogP contribution in [0.5, 0.6) is 0 Å². The molecular formula is C19H18F3N5O2. The minimum atomic E-state index is -4.48. The molecule has 1 N–H and O–H groups in total. The number of fused-ring (bicyclic) bond motifs is 1. The minimum Gasteiger partial charge on any atom is -0.481 e. The van der Waals surface area contributed by atoms with Crippen molar-refractivity contribution < 1.29 is 23.1 Å². The lowest BCUT2D eigenvalue weighted by Crippen LogP contribution is -2.43. The first kappa shape index (κ1) is 19.2. The molecule has 7 nitrogen and oxygen atoms in total. The predicted molar refractivity (Wildman–Crippen MR) is 98.3 cm³/mol. The van der Waals surface area contributed by atoms with E-state index in [1.54, 1.807) is 6.07 Å². The van der Waals surface area contributed by atoms with Crippen molar-refractivity contribution in [3.8, 4) is 11.5 Å². The summed E-state index contributed by atoms with van der Waals surface area (Å²) >= 11 is 0. The predicted octanol–water partition coefficient (Wildman–Crippen LogP) is 3.36. The highest BCUT2D eigenvalue weighted by molar-refractivity contribution is 5.71. The number of imidazole rings is 1. The largest absolute Gasteiger partial charge is 0.481 e. The summed E-state index contributed by atoms with van der Waals surface area (Å²) < 4.78 is 40.6. The molecule has 0 amide bonds. The first-order valence-corrected chi connectivity index (χ1v) is 9.08. The van der Waals surface area contributed by atoms with Crippen LogP contribution in [0.4, 0.5) is 19.0 Å². The second kappa shape index (κ2) is 7.02. The lowest BCUT2D eigenvalue weighted by Gasteiger charge is -2.35. The van der Waals surface area contributed by atoms with E-state index in [4.69, 9.17) is 0 Å². The number of alkyl halides is 3. The van der Waals surface area contributed by atoms with Gasteiger partial charge in [-0.05, 0) is 30.5 Å². The quantitative estimate of drug-likeness (QED) is 0.720. The number of aliphatic carboxylic acids is 1. The van der Waals surface area contributed by atoms with Crippen LogP contribution in [0.2, 0.25) is 0 Å². The molecule has 0 aromatic carbocycles. The monoisotopic (exact) mass is 405 g/mol. The number of anilines is 1. The van der Waals surface area contributed by atoms with Gasteiger partial charge in [0, 0.05) is 25.5 Å². The van der Waals surface area contributed by atoms with E-state index >= 15 is 0 Å².